The van der Waals surface area contributed by atoms with E-state index < -0.39 is 5.97 Å². The van der Waals surface area contributed by atoms with Gasteiger partial charge in [0.25, 0.3) is 5.91 Å². The minimum absolute atomic E-state index is 0.0440. The molecule has 1 N–H and O–H groups in total. The molecule has 0 aliphatic heterocycles. The maximum Gasteiger partial charge on any atom is 0.306 e. The number of ether oxygens (including phenoxy) is 1. The second kappa shape index (κ2) is 8.08. The number of halogens is 1. The third kappa shape index (κ3) is 7.36. The average molecular weight is 370 g/mol. The Bertz CT molecular complexity index is 546. The van der Waals surface area contributed by atoms with Gasteiger partial charge in [-0.2, -0.15) is 0 Å². The van der Waals surface area contributed by atoms with Gasteiger partial charge in [-0.25, -0.2) is 0 Å². The zero-order valence-corrected chi connectivity index (χ0v) is 14.5. The Hall–Kier alpha value is -1.69. The zero-order chi connectivity index (χ0) is 16.8. The summed E-state index contributed by atoms with van der Waals surface area (Å²) in [5.41, 5.74) is 0.169. The molecule has 0 aromatic heterocycles. The van der Waals surface area contributed by atoms with E-state index in [1.54, 1.807) is 24.3 Å². The van der Waals surface area contributed by atoms with Crippen molar-refractivity contribution in [3.63, 3.8) is 0 Å². The van der Waals surface area contributed by atoms with Crippen LogP contribution in [0.3, 0.4) is 0 Å². The molecule has 5 nitrogen and oxygen atoms in total. The molecule has 0 radical (unpaired) electrons. The first-order valence-electron chi connectivity index (χ1n) is 6.93. The molecule has 6 heteroatoms. The van der Waals surface area contributed by atoms with Crippen molar-refractivity contribution >= 4 is 33.6 Å². The summed E-state index contributed by atoms with van der Waals surface area (Å²) < 4.78 is 5.73. The van der Waals surface area contributed by atoms with Crippen LogP contribution in [-0.2, 0) is 14.3 Å². The largest absolute Gasteiger partial charge is 0.456 e. The molecule has 0 fully saturated rings. The van der Waals surface area contributed by atoms with E-state index in [9.17, 15) is 14.4 Å². The molecule has 1 amide bonds. The Kier molecular flexibility index (Phi) is 6.74. The fourth-order valence-corrected chi connectivity index (χ4v) is 1.93. The highest BCUT2D eigenvalue weighted by Crippen LogP contribution is 2.12. The number of carbonyl (C=O) groups excluding carboxylic acids is 3. The topological polar surface area (TPSA) is 72.5 Å². The molecule has 0 spiro atoms. The highest BCUT2D eigenvalue weighted by Gasteiger charge is 2.16. The van der Waals surface area contributed by atoms with Crippen molar-refractivity contribution in [2.75, 3.05) is 6.61 Å². The van der Waals surface area contributed by atoms with Gasteiger partial charge < -0.3 is 10.1 Å². The summed E-state index contributed by atoms with van der Waals surface area (Å²) in [6.45, 7) is 5.18. The van der Waals surface area contributed by atoms with Crippen LogP contribution in [0.4, 0.5) is 0 Å². The van der Waals surface area contributed by atoms with Crippen LogP contribution in [0.2, 0.25) is 0 Å². The van der Waals surface area contributed by atoms with E-state index in [-0.39, 0.29) is 36.7 Å². The number of ketones is 1. The van der Waals surface area contributed by atoms with Crippen molar-refractivity contribution in [2.45, 2.75) is 39.2 Å². The van der Waals surface area contributed by atoms with E-state index in [1.165, 1.54) is 0 Å². The Morgan fingerprint density at radius 2 is 1.68 bits per heavy atom. The minimum atomic E-state index is -0.561. The number of carbonyl (C=O) groups is 3. The number of esters is 1. The van der Waals surface area contributed by atoms with Crippen LogP contribution in [0, 0.1) is 0 Å². The summed E-state index contributed by atoms with van der Waals surface area (Å²) in [6, 6.07) is 6.91. The smallest absolute Gasteiger partial charge is 0.306 e. The third-order valence-corrected chi connectivity index (χ3v) is 3.13. The van der Waals surface area contributed by atoms with Crippen molar-refractivity contribution in [1.82, 2.24) is 5.32 Å². The average Bonchev–Trinajstić information content (AvgIpc) is 2.41. The van der Waals surface area contributed by atoms with Crippen LogP contribution >= 0.6 is 15.9 Å². The second-order valence-corrected chi connectivity index (χ2v) is 6.80. The molecule has 0 saturated heterocycles. The highest BCUT2D eigenvalue weighted by atomic mass is 79.9. The third-order valence-electron chi connectivity index (χ3n) is 2.60. The molecule has 0 bridgehead atoms. The quantitative estimate of drug-likeness (QED) is 0.617. The Balaban J connectivity index is 2.32. The number of hydrogen-bond donors (Lipinski definition) is 1. The van der Waals surface area contributed by atoms with E-state index in [0.717, 1.165) is 4.47 Å². The summed E-state index contributed by atoms with van der Waals surface area (Å²) in [4.78, 5) is 34.9. The van der Waals surface area contributed by atoms with Crippen molar-refractivity contribution in [2.24, 2.45) is 0 Å². The number of hydrogen-bond acceptors (Lipinski definition) is 4. The summed E-state index contributed by atoms with van der Waals surface area (Å²) >= 11 is 3.29. The molecule has 1 aromatic rings. The number of amides is 1. The van der Waals surface area contributed by atoms with Crippen LogP contribution in [-0.4, -0.2) is 29.8 Å². The number of rotatable bonds is 6. The van der Waals surface area contributed by atoms with Gasteiger partial charge >= 0.3 is 5.97 Å². The standard InChI is InChI=1S/C16H20BrNO4/c1-16(2,3)18-14(20)10-22-15(21)9-8-13(19)11-4-6-12(17)7-5-11/h4-7H,8-10H2,1-3H3,(H,18,20). The highest BCUT2D eigenvalue weighted by molar-refractivity contribution is 9.10. The maximum absolute atomic E-state index is 11.9. The van der Waals surface area contributed by atoms with Gasteiger partial charge in [-0.3, -0.25) is 14.4 Å². The molecule has 120 valence electrons. The van der Waals surface area contributed by atoms with E-state index in [1.807, 2.05) is 20.8 Å². The van der Waals surface area contributed by atoms with Crippen molar-refractivity contribution in [1.29, 1.82) is 0 Å². The first-order valence-corrected chi connectivity index (χ1v) is 7.72. The SMILES string of the molecule is CC(C)(C)NC(=O)COC(=O)CCC(=O)c1ccc(Br)cc1. The Labute approximate surface area is 138 Å². The van der Waals surface area contributed by atoms with Gasteiger partial charge in [-0.15, -0.1) is 0 Å². The molecule has 1 aromatic carbocycles. The van der Waals surface area contributed by atoms with Gasteiger partial charge in [0.15, 0.2) is 12.4 Å². The van der Waals surface area contributed by atoms with E-state index in [0.29, 0.717) is 5.56 Å². The summed E-state index contributed by atoms with van der Waals surface area (Å²) in [7, 11) is 0. The van der Waals surface area contributed by atoms with E-state index in [4.69, 9.17) is 4.74 Å². The lowest BCUT2D eigenvalue weighted by Gasteiger charge is -2.20. The van der Waals surface area contributed by atoms with E-state index >= 15 is 0 Å². The molecule has 0 atom stereocenters. The summed E-state index contributed by atoms with van der Waals surface area (Å²) in [5.74, 6) is -1.06. The molecule has 1 rings (SSSR count). The van der Waals surface area contributed by atoms with Gasteiger partial charge in [-0.05, 0) is 32.9 Å². The van der Waals surface area contributed by atoms with Crippen LogP contribution in [0.1, 0.15) is 44.0 Å². The van der Waals surface area contributed by atoms with Crippen molar-refractivity contribution in [3.05, 3.63) is 34.3 Å². The zero-order valence-electron chi connectivity index (χ0n) is 12.9. The normalized spacial score (nSPS) is 10.9. The Morgan fingerprint density at radius 1 is 1.09 bits per heavy atom. The van der Waals surface area contributed by atoms with Gasteiger partial charge in [0.1, 0.15) is 0 Å². The van der Waals surface area contributed by atoms with Gasteiger partial charge in [0.2, 0.25) is 0 Å². The van der Waals surface area contributed by atoms with Crippen molar-refractivity contribution in [3.8, 4) is 0 Å². The lowest BCUT2D eigenvalue weighted by atomic mass is 10.1. The molecule has 0 heterocycles. The molecular formula is C16H20BrNO4. The van der Waals surface area contributed by atoms with Crippen LogP contribution in [0.5, 0.6) is 0 Å². The first kappa shape index (κ1) is 18.4. The van der Waals surface area contributed by atoms with E-state index in [2.05, 4.69) is 21.2 Å². The minimum Gasteiger partial charge on any atom is -0.456 e. The number of nitrogens with one attached hydrogen (secondary N) is 1. The maximum atomic E-state index is 11.9. The molecular weight excluding hydrogens is 350 g/mol. The van der Waals surface area contributed by atoms with Gasteiger partial charge in [0.05, 0.1) is 6.42 Å². The lowest BCUT2D eigenvalue weighted by Crippen LogP contribution is -2.42. The molecule has 0 saturated carbocycles. The predicted molar refractivity (Wildman–Crippen MR) is 86.6 cm³/mol. The first-order chi connectivity index (χ1) is 10.2. The predicted octanol–water partition coefficient (Wildman–Crippen LogP) is 2.87. The van der Waals surface area contributed by atoms with Gasteiger partial charge in [0, 0.05) is 22.0 Å². The monoisotopic (exact) mass is 369 g/mol. The fourth-order valence-electron chi connectivity index (χ4n) is 1.67. The molecule has 22 heavy (non-hydrogen) atoms. The molecule has 0 aliphatic rings. The molecule has 0 unspecified atom stereocenters. The summed E-state index contributed by atoms with van der Waals surface area (Å²) in [6.07, 6.45) is 0.0129. The van der Waals surface area contributed by atoms with Gasteiger partial charge in [-0.1, -0.05) is 28.1 Å². The number of benzene rings is 1. The number of Topliss-reactive ketones (excluding diaryl/α,β-unsaturated/α-hetero) is 1. The van der Waals surface area contributed by atoms with Crippen LogP contribution < -0.4 is 5.32 Å². The van der Waals surface area contributed by atoms with Crippen LogP contribution in [0.25, 0.3) is 0 Å². The Morgan fingerprint density at radius 3 is 2.23 bits per heavy atom. The van der Waals surface area contributed by atoms with Crippen LogP contribution in [0.15, 0.2) is 28.7 Å². The fraction of sp³-hybridized carbons (Fsp3) is 0.438. The second-order valence-electron chi connectivity index (χ2n) is 5.89. The van der Waals surface area contributed by atoms with Crippen molar-refractivity contribution < 1.29 is 19.1 Å². The summed E-state index contributed by atoms with van der Waals surface area (Å²) in [5, 5.41) is 2.68. The lowest BCUT2D eigenvalue weighted by molar-refractivity contribution is -0.148. The molecule has 0 aliphatic carbocycles.